The Morgan fingerprint density at radius 1 is 1.07 bits per heavy atom. The molecule has 0 bridgehead atoms. The van der Waals surface area contributed by atoms with Crippen LogP contribution in [-0.4, -0.2) is 25.5 Å². The monoisotopic (exact) mass is 360 g/mol. The van der Waals surface area contributed by atoms with Crippen molar-refractivity contribution in [3.05, 3.63) is 71.8 Å². The molecule has 4 rings (SSSR count). The lowest BCUT2D eigenvalue weighted by atomic mass is 10.1. The number of anilines is 1. The number of amides is 2. The highest BCUT2D eigenvalue weighted by molar-refractivity contribution is 6.26. The fraction of sp³-hybridized carbons (Fsp3) is 0.182. The van der Waals surface area contributed by atoms with E-state index in [-0.39, 0.29) is 24.4 Å². The van der Waals surface area contributed by atoms with Gasteiger partial charge in [-0.25, -0.2) is 0 Å². The van der Waals surface area contributed by atoms with Crippen LogP contribution >= 0.6 is 0 Å². The highest BCUT2D eigenvalue weighted by Gasteiger charge is 2.31. The molecular weight excluding hydrogens is 340 g/mol. The van der Waals surface area contributed by atoms with Crippen molar-refractivity contribution in [3.8, 4) is 5.75 Å². The Labute approximate surface area is 157 Å². The smallest absolute Gasteiger partial charge is 0.259 e. The van der Waals surface area contributed by atoms with Gasteiger partial charge in [-0.1, -0.05) is 36.4 Å². The zero-order valence-corrected chi connectivity index (χ0v) is 15.2. The molecule has 27 heavy (non-hydrogen) atoms. The Bertz CT molecular complexity index is 1020. The van der Waals surface area contributed by atoms with Gasteiger partial charge in [0.1, 0.15) is 12.3 Å². The number of carbonyl (C=O) groups excluding carboxylic acids is 2. The van der Waals surface area contributed by atoms with E-state index in [1.54, 1.807) is 12.0 Å². The maximum absolute atomic E-state index is 12.8. The van der Waals surface area contributed by atoms with E-state index in [1.807, 2.05) is 67.6 Å². The third-order valence-corrected chi connectivity index (χ3v) is 4.94. The number of benzene rings is 3. The Hall–Kier alpha value is -3.34. The molecule has 0 radical (unpaired) electrons. The van der Waals surface area contributed by atoms with Crippen LogP contribution in [0.25, 0.3) is 10.8 Å². The zero-order valence-electron chi connectivity index (χ0n) is 15.2. The summed E-state index contributed by atoms with van der Waals surface area (Å²) in [6, 6.07) is 18.8. The van der Waals surface area contributed by atoms with E-state index >= 15 is 0 Å². The second-order valence-corrected chi connectivity index (χ2v) is 6.63. The average Bonchev–Trinajstić information content (AvgIpc) is 2.96. The van der Waals surface area contributed by atoms with E-state index < -0.39 is 0 Å². The van der Waals surface area contributed by atoms with E-state index in [0.29, 0.717) is 5.56 Å². The molecule has 0 unspecified atom stereocenters. The van der Waals surface area contributed by atoms with Gasteiger partial charge in [-0.3, -0.25) is 14.5 Å². The number of methoxy groups -OCH3 is 1. The van der Waals surface area contributed by atoms with E-state index in [4.69, 9.17) is 4.74 Å². The average molecular weight is 360 g/mol. The summed E-state index contributed by atoms with van der Waals surface area (Å²) in [7, 11) is 1.62. The van der Waals surface area contributed by atoms with E-state index in [9.17, 15) is 9.59 Å². The first kappa shape index (κ1) is 17.1. The Morgan fingerprint density at radius 2 is 1.78 bits per heavy atom. The van der Waals surface area contributed by atoms with Crippen molar-refractivity contribution in [2.45, 2.75) is 13.0 Å². The SMILES string of the molecule is COc1ccc([C@@H](C)NC(=O)CN2C(=O)c3cccc4cccc2c34)cc1. The molecule has 5 nitrogen and oxygen atoms in total. The zero-order chi connectivity index (χ0) is 19.0. The van der Waals surface area contributed by atoms with Crippen molar-refractivity contribution >= 4 is 28.3 Å². The molecule has 0 fully saturated rings. The molecule has 3 aromatic rings. The minimum atomic E-state index is -0.198. The van der Waals surface area contributed by atoms with Crippen LogP contribution in [-0.2, 0) is 4.79 Å². The molecule has 136 valence electrons. The lowest BCUT2D eigenvalue weighted by Crippen LogP contribution is -2.39. The first-order valence-electron chi connectivity index (χ1n) is 8.85. The number of hydrogen-bond acceptors (Lipinski definition) is 3. The maximum Gasteiger partial charge on any atom is 0.259 e. The summed E-state index contributed by atoms with van der Waals surface area (Å²) in [6.07, 6.45) is 0. The first-order chi connectivity index (χ1) is 13.1. The molecule has 1 N–H and O–H groups in total. The summed E-state index contributed by atoms with van der Waals surface area (Å²) in [5, 5.41) is 4.89. The highest BCUT2D eigenvalue weighted by atomic mass is 16.5. The van der Waals surface area contributed by atoms with Crippen LogP contribution < -0.4 is 15.0 Å². The van der Waals surface area contributed by atoms with Crippen molar-refractivity contribution in [1.29, 1.82) is 0 Å². The minimum absolute atomic E-state index is 0.00682. The van der Waals surface area contributed by atoms with E-state index in [0.717, 1.165) is 27.8 Å². The van der Waals surface area contributed by atoms with Crippen LogP contribution in [0.5, 0.6) is 5.75 Å². The number of nitrogens with one attached hydrogen (secondary N) is 1. The van der Waals surface area contributed by atoms with Gasteiger partial charge in [-0.2, -0.15) is 0 Å². The van der Waals surface area contributed by atoms with Gasteiger partial charge in [0.15, 0.2) is 0 Å². The van der Waals surface area contributed by atoms with Gasteiger partial charge in [0.25, 0.3) is 5.91 Å². The number of carbonyl (C=O) groups is 2. The van der Waals surface area contributed by atoms with Crippen LogP contribution in [0.1, 0.15) is 28.9 Å². The summed E-state index contributed by atoms with van der Waals surface area (Å²) in [6.45, 7) is 1.91. The second kappa shape index (κ2) is 6.76. The molecule has 0 saturated heterocycles. The molecule has 5 heteroatoms. The summed E-state index contributed by atoms with van der Waals surface area (Å²) in [5.74, 6) is 0.441. The van der Waals surface area contributed by atoms with Crippen molar-refractivity contribution in [3.63, 3.8) is 0 Å². The van der Waals surface area contributed by atoms with Gasteiger partial charge >= 0.3 is 0 Å². The third kappa shape index (κ3) is 3.01. The van der Waals surface area contributed by atoms with Gasteiger partial charge < -0.3 is 10.1 Å². The van der Waals surface area contributed by atoms with Gasteiger partial charge in [0, 0.05) is 10.9 Å². The first-order valence-corrected chi connectivity index (χ1v) is 8.85. The summed E-state index contributed by atoms with van der Waals surface area (Å²) in [4.78, 5) is 26.9. The third-order valence-electron chi connectivity index (χ3n) is 4.94. The fourth-order valence-corrected chi connectivity index (χ4v) is 3.54. The molecule has 1 aliphatic rings. The predicted octanol–water partition coefficient (Wildman–Crippen LogP) is 3.69. The fourth-order valence-electron chi connectivity index (χ4n) is 3.54. The second-order valence-electron chi connectivity index (χ2n) is 6.63. The Balaban J connectivity index is 1.50. The van der Waals surface area contributed by atoms with Crippen molar-refractivity contribution < 1.29 is 14.3 Å². The molecule has 3 aromatic carbocycles. The Morgan fingerprint density at radius 3 is 2.48 bits per heavy atom. The lowest BCUT2D eigenvalue weighted by Gasteiger charge is -2.20. The van der Waals surface area contributed by atoms with E-state index in [2.05, 4.69) is 5.32 Å². The standard InChI is InChI=1S/C22H20N2O3/c1-14(15-9-11-17(27-2)12-10-15)23-20(25)13-24-19-8-4-6-16-5-3-7-18(21(16)19)22(24)26/h3-12,14H,13H2,1-2H3,(H,23,25)/t14-/m1/s1. The van der Waals surface area contributed by atoms with Gasteiger partial charge in [0.05, 0.1) is 18.8 Å². The lowest BCUT2D eigenvalue weighted by molar-refractivity contribution is -0.120. The van der Waals surface area contributed by atoms with Gasteiger partial charge in [-0.05, 0) is 42.1 Å². The number of rotatable bonds is 5. The van der Waals surface area contributed by atoms with Crippen LogP contribution in [0.15, 0.2) is 60.7 Å². The summed E-state index contributed by atoms with van der Waals surface area (Å²) < 4.78 is 5.16. The normalized spacial score (nSPS) is 13.7. The largest absolute Gasteiger partial charge is 0.497 e. The predicted molar refractivity (Wildman–Crippen MR) is 105 cm³/mol. The van der Waals surface area contributed by atoms with Gasteiger partial charge in [0.2, 0.25) is 5.91 Å². The number of nitrogens with zero attached hydrogens (tertiary/aromatic N) is 1. The van der Waals surface area contributed by atoms with Gasteiger partial charge in [-0.15, -0.1) is 0 Å². The summed E-state index contributed by atoms with van der Waals surface area (Å²) in [5.41, 5.74) is 2.42. The highest BCUT2D eigenvalue weighted by Crippen LogP contribution is 2.36. The van der Waals surface area contributed by atoms with Crippen molar-refractivity contribution in [2.75, 3.05) is 18.6 Å². The molecule has 1 heterocycles. The molecule has 0 aliphatic carbocycles. The molecular formula is C22H20N2O3. The molecule has 2 amide bonds. The summed E-state index contributed by atoms with van der Waals surface area (Å²) >= 11 is 0. The number of ether oxygens (including phenoxy) is 1. The molecule has 0 spiro atoms. The molecule has 1 atom stereocenters. The quantitative estimate of drug-likeness (QED) is 0.755. The minimum Gasteiger partial charge on any atom is -0.497 e. The van der Waals surface area contributed by atoms with E-state index in [1.165, 1.54) is 0 Å². The van der Waals surface area contributed by atoms with Crippen LogP contribution in [0.2, 0.25) is 0 Å². The Kier molecular flexibility index (Phi) is 4.28. The van der Waals surface area contributed by atoms with Crippen LogP contribution in [0.4, 0.5) is 5.69 Å². The molecule has 1 aliphatic heterocycles. The van der Waals surface area contributed by atoms with Crippen LogP contribution in [0, 0.1) is 0 Å². The van der Waals surface area contributed by atoms with Crippen molar-refractivity contribution in [2.24, 2.45) is 0 Å². The van der Waals surface area contributed by atoms with Crippen molar-refractivity contribution in [1.82, 2.24) is 5.32 Å². The molecule has 0 saturated carbocycles. The topological polar surface area (TPSA) is 58.6 Å². The maximum atomic E-state index is 12.8. The van der Waals surface area contributed by atoms with Crippen LogP contribution in [0.3, 0.4) is 0 Å². The molecule has 0 aromatic heterocycles. The number of hydrogen-bond donors (Lipinski definition) is 1.